The number of hydrogen-bond donors (Lipinski definition) is 1. The molecule has 4 heteroatoms. The molecule has 0 aromatic heterocycles. The van der Waals surface area contributed by atoms with Crippen LogP contribution in [-0.2, 0) is 16.0 Å². The van der Waals surface area contributed by atoms with Crippen molar-refractivity contribution in [3.63, 3.8) is 0 Å². The molecule has 1 N–H and O–H groups in total. The lowest BCUT2D eigenvalue weighted by atomic mass is 9.75. The van der Waals surface area contributed by atoms with Crippen LogP contribution in [0.4, 0.5) is 0 Å². The van der Waals surface area contributed by atoms with Crippen molar-refractivity contribution in [3.8, 4) is 5.75 Å². The van der Waals surface area contributed by atoms with Crippen LogP contribution in [0, 0.1) is 11.8 Å². The number of rotatable bonds is 6. The lowest BCUT2D eigenvalue weighted by Gasteiger charge is -2.39. The first-order valence-electron chi connectivity index (χ1n) is 7.89. The molecule has 4 nitrogen and oxygen atoms in total. The summed E-state index contributed by atoms with van der Waals surface area (Å²) >= 11 is 0. The highest BCUT2D eigenvalue weighted by molar-refractivity contribution is 5.67. The lowest BCUT2D eigenvalue weighted by Crippen LogP contribution is -2.38. The molecule has 1 heterocycles. The van der Waals surface area contributed by atoms with E-state index in [9.17, 15) is 9.90 Å². The second kappa shape index (κ2) is 7.14. The summed E-state index contributed by atoms with van der Waals surface area (Å²) in [6.07, 6.45) is 2.76. The highest BCUT2D eigenvalue weighted by Gasteiger charge is 2.34. The van der Waals surface area contributed by atoms with Gasteiger partial charge in [0.05, 0.1) is 12.7 Å². The van der Waals surface area contributed by atoms with Gasteiger partial charge in [-0.25, -0.2) is 0 Å². The Hall–Kier alpha value is -1.55. The maximum Gasteiger partial charge on any atom is 0.303 e. The Labute approximate surface area is 132 Å². The van der Waals surface area contributed by atoms with Crippen molar-refractivity contribution in [1.82, 2.24) is 0 Å². The summed E-state index contributed by atoms with van der Waals surface area (Å²) < 4.78 is 11.2. The normalized spacial score (nSPS) is 22.0. The molecule has 2 rings (SSSR count). The van der Waals surface area contributed by atoms with Crippen LogP contribution in [0.1, 0.15) is 38.7 Å². The van der Waals surface area contributed by atoms with E-state index in [0.717, 1.165) is 30.6 Å². The Kier molecular flexibility index (Phi) is 5.46. The number of carboxylic acid groups (broad SMARTS) is 1. The smallest absolute Gasteiger partial charge is 0.303 e. The Morgan fingerprint density at radius 1 is 1.45 bits per heavy atom. The average Bonchev–Trinajstić information content (AvgIpc) is 2.45. The summed E-state index contributed by atoms with van der Waals surface area (Å²) in [5.74, 6) is 0.579. The van der Waals surface area contributed by atoms with Crippen molar-refractivity contribution in [1.29, 1.82) is 0 Å². The molecular weight excluding hydrogens is 280 g/mol. The van der Waals surface area contributed by atoms with Gasteiger partial charge in [-0.2, -0.15) is 0 Å². The number of para-hydroxylation sites is 1. The van der Waals surface area contributed by atoms with Crippen molar-refractivity contribution >= 4 is 5.97 Å². The first kappa shape index (κ1) is 16.8. The number of carbonyl (C=O) groups is 1. The van der Waals surface area contributed by atoms with Crippen LogP contribution in [0.3, 0.4) is 0 Å². The van der Waals surface area contributed by atoms with Crippen molar-refractivity contribution < 1.29 is 19.4 Å². The highest BCUT2D eigenvalue weighted by atomic mass is 16.5. The molecule has 1 aliphatic heterocycles. The van der Waals surface area contributed by atoms with E-state index >= 15 is 0 Å². The molecule has 0 spiro atoms. The van der Waals surface area contributed by atoms with Gasteiger partial charge in [-0.3, -0.25) is 4.79 Å². The second-order valence-corrected chi connectivity index (χ2v) is 6.73. The molecular formula is C18H26O4. The second-order valence-electron chi connectivity index (χ2n) is 6.73. The van der Waals surface area contributed by atoms with Crippen LogP contribution < -0.4 is 4.74 Å². The van der Waals surface area contributed by atoms with Crippen LogP contribution in [0.25, 0.3) is 0 Å². The van der Waals surface area contributed by atoms with Crippen LogP contribution in [-0.4, -0.2) is 30.4 Å². The largest absolute Gasteiger partial charge is 0.496 e. The van der Waals surface area contributed by atoms with Gasteiger partial charge in [0.2, 0.25) is 0 Å². The molecule has 0 unspecified atom stereocenters. The summed E-state index contributed by atoms with van der Waals surface area (Å²) in [6.45, 7) is 4.87. The van der Waals surface area contributed by atoms with Gasteiger partial charge in [0.25, 0.3) is 0 Å². The van der Waals surface area contributed by atoms with E-state index in [2.05, 4.69) is 13.8 Å². The van der Waals surface area contributed by atoms with E-state index in [0.29, 0.717) is 12.5 Å². The predicted octanol–water partition coefficient (Wildman–Crippen LogP) is 3.53. The number of methoxy groups -OCH3 is 1. The number of aliphatic carboxylic acids is 1. The Bertz CT molecular complexity index is 510. The van der Waals surface area contributed by atoms with Crippen LogP contribution in [0.5, 0.6) is 5.75 Å². The standard InChI is InChI=1S/C18H26O4/c1-18(2)12-14(8-9-22-18)15(11-17(19)20)10-13-6-4-5-7-16(13)21-3/h4-7,14-15H,8-12H2,1-3H3,(H,19,20)/t14-,15-/m0/s1. The van der Waals surface area contributed by atoms with E-state index in [-0.39, 0.29) is 17.9 Å². The summed E-state index contributed by atoms with van der Waals surface area (Å²) in [5.41, 5.74) is 0.918. The van der Waals surface area contributed by atoms with Crippen molar-refractivity contribution in [3.05, 3.63) is 29.8 Å². The lowest BCUT2D eigenvalue weighted by molar-refractivity contribution is -0.140. The van der Waals surface area contributed by atoms with Gasteiger partial charge in [-0.15, -0.1) is 0 Å². The van der Waals surface area contributed by atoms with Gasteiger partial charge >= 0.3 is 5.97 Å². The van der Waals surface area contributed by atoms with E-state index in [1.54, 1.807) is 7.11 Å². The molecule has 0 saturated carbocycles. The monoisotopic (exact) mass is 306 g/mol. The minimum atomic E-state index is -0.732. The first-order valence-corrected chi connectivity index (χ1v) is 7.89. The molecule has 1 saturated heterocycles. The average molecular weight is 306 g/mol. The molecule has 0 bridgehead atoms. The first-order chi connectivity index (χ1) is 10.4. The SMILES string of the molecule is COc1ccccc1C[C@@H](CC(=O)O)[C@H]1CCOC(C)(C)C1. The molecule has 1 aliphatic rings. The summed E-state index contributed by atoms with van der Waals surface area (Å²) in [6, 6.07) is 7.87. The van der Waals surface area contributed by atoms with E-state index in [1.807, 2.05) is 24.3 Å². The topological polar surface area (TPSA) is 55.8 Å². The summed E-state index contributed by atoms with van der Waals surface area (Å²) in [4.78, 5) is 11.3. The predicted molar refractivity (Wildman–Crippen MR) is 85.2 cm³/mol. The molecule has 122 valence electrons. The van der Waals surface area contributed by atoms with Crippen LogP contribution >= 0.6 is 0 Å². The third-order valence-electron chi connectivity index (χ3n) is 4.51. The van der Waals surface area contributed by atoms with E-state index < -0.39 is 5.97 Å². The fourth-order valence-corrected chi connectivity index (χ4v) is 3.47. The number of benzene rings is 1. The van der Waals surface area contributed by atoms with Gasteiger partial charge in [0, 0.05) is 13.0 Å². The fraction of sp³-hybridized carbons (Fsp3) is 0.611. The third kappa shape index (κ3) is 4.47. The third-order valence-corrected chi connectivity index (χ3v) is 4.51. The molecule has 22 heavy (non-hydrogen) atoms. The maximum absolute atomic E-state index is 11.3. The maximum atomic E-state index is 11.3. The Morgan fingerprint density at radius 2 is 2.18 bits per heavy atom. The minimum Gasteiger partial charge on any atom is -0.496 e. The van der Waals surface area contributed by atoms with Crippen molar-refractivity contribution in [2.24, 2.45) is 11.8 Å². The van der Waals surface area contributed by atoms with Gasteiger partial charge in [-0.05, 0) is 56.6 Å². The van der Waals surface area contributed by atoms with Crippen LogP contribution in [0.15, 0.2) is 24.3 Å². The van der Waals surface area contributed by atoms with Crippen molar-refractivity contribution in [2.45, 2.75) is 45.1 Å². The zero-order valence-electron chi connectivity index (χ0n) is 13.7. The van der Waals surface area contributed by atoms with Gasteiger partial charge in [-0.1, -0.05) is 18.2 Å². The molecule has 0 amide bonds. The van der Waals surface area contributed by atoms with Crippen LogP contribution in [0.2, 0.25) is 0 Å². The number of hydrogen-bond acceptors (Lipinski definition) is 3. The van der Waals surface area contributed by atoms with E-state index in [1.165, 1.54) is 0 Å². The van der Waals surface area contributed by atoms with Gasteiger partial charge in [0.1, 0.15) is 5.75 Å². The van der Waals surface area contributed by atoms with Gasteiger partial charge in [0.15, 0.2) is 0 Å². The van der Waals surface area contributed by atoms with Gasteiger partial charge < -0.3 is 14.6 Å². The Balaban J connectivity index is 2.17. The molecule has 2 atom stereocenters. The van der Waals surface area contributed by atoms with Crippen molar-refractivity contribution in [2.75, 3.05) is 13.7 Å². The Morgan fingerprint density at radius 3 is 2.82 bits per heavy atom. The molecule has 1 aromatic carbocycles. The molecule has 1 fully saturated rings. The zero-order chi connectivity index (χ0) is 16.2. The number of carboxylic acids is 1. The zero-order valence-corrected chi connectivity index (χ0v) is 13.7. The number of ether oxygens (including phenoxy) is 2. The molecule has 1 aromatic rings. The molecule has 0 aliphatic carbocycles. The minimum absolute atomic E-state index is 0.108. The van der Waals surface area contributed by atoms with E-state index in [4.69, 9.17) is 9.47 Å². The molecule has 0 radical (unpaired) electrons. The summed E-state index contributed by atoms with van der Waals surface area (Å²) in [5, 5.41) is 9.29. The fourth-order valence-electron chi connectivity index (χ4n) is 3.47. The quantitative estimate of drug-likeness (QED) is 0.873. The summed E-state index contributed by atoms with van der Waals surface area (Å²) in [7, 11) is 1.66. The highest BCUT2D eigenvalue weighted by Crippen LogP contribution is 2.37.